The number of aliphatic carboxylic acids is 1. The smallest absolute Gasteiger partial charge is 0.329 e. The summed E-state index contributed by atoms with van der Waals surface area (Å²) in [6.45, 7) is 7.52. The van der Waals surface area contributed by atoms with Crippen molar-refractivity contribution in [2.24, 2.45) is 17.8 Å². The van der Waals surface area contributed by atoms with Crippen LogP contribution in [-0.2, 0) is 22.0 Å². The molecule has 0 unspecified atom stereocenters. The number of carbonyl (C=O) groups is 1. The second-order valence-corrected chi connectivity index (χ2v) is 9.79. The number of halogens is 1. The zero-order chi connectivity index (χ0) is 27.3. The Morgan fingerprint density at radius 2 is 1.87 bits per heavy atom. The minimum atomic E-state index is -0.970. The average Bonchev–Trinajstić information content (AvgIpc) is 3.28. The molecule has 38 heavy (non-hydrogen) atoms. The predicted molar refractivity (Wildman–Crippen MR) is 143 cm³/mol. The lowest BCUT2D eigenvalue weighted by atomic mass is 9.83. The molecule has 0 bridgehead atoms. The molecule has 0 amide bonds. The summed E-state index contributed by atoms with van der Waals surface area (Å²) in [5.41, 5.74) is 7.77. The molecule has 0 radical (unpaired) electrons. The molecular formula is C27H34FN7O3. The standard InChI is InChI=1S/C27H34FN7O3/c1-27(2,20-9-10-21(22(28)17-20)19-7-5-4-6-8-19)24-30-26(33(3)32-24)31-25(29)35-13-11-34(12-14-35)15-16-38-18-23(36)37/h4-10,17H,11-16,18H2,1-3H3,(H,36,37)(H2,29,30,31,32). The molecule has 3 aromatic rings. The molecular weight excluding hydrogens is 489 g/mol. The van der Waals surface area contributed by atoms with Crippen molar-refractivity contribution in [3.63, 3.8) is 0 Å². The fraction of sp³-hybridized carbons (Fsp3) is 0.407. The number of hydrogen-bond donors (Lipinski definition) is 2. The van der Waals surface area contributed by atoms with E-state index in [1.54, 1.807) is 23.9 Å². The van der Waals surface area contributed by atoms with Gasteiger partial charge in [-0.15, -0.1) is 0 Å². The van der Waals surface area contributed by atoms with Gasteiger partial charge in [0.05, 0.1) is 12.0 Å². The molecule has 2 aromatic carbocycles. The molecule has 1 fully saturated rings. The van der Waals surface area contributed by atoms with E-state index in [-0.39, 0.29) is 12.4 Å². The van der Waals surface area contributed by atoms with Crippen LogP contribution in [0.25, 0.3) is 11.1 Å². The van der Waals surface area contributed by atoms with Gasteiger partial charge in [-0.1, -0.05) is 42.5 Å². The van der Waals surface area contributed by atoms with E-state index in [0.29, 0.717) is 49.5 Å². The number of aryl methyl sites for hydroxylation is 1. The van der Waals surface area contributed by atoms with Crippen molar-refractivity contribution in [3.8, 4) is 11.1 Å². The molecule has 1 aliphatic rings. The normalized spacial score (nSPS) is 15.2. The van der Waals surface area contributed by atoms with Crippen LogP contribution in [0.4, 0.5) is 10.3 Å². The Hall–Kier alpha value is -3.83. The summed E-state index contributed by atoms with van der Waals surface area (Å²) < 4.78 is 21.8. The lowest BCUT2D eigenvalue weighted by molar-refractivity contribution is -0.142. The van der Waals surface area contributed by atoms with Crippen molar-refractivity contribution in [2.45, 2.75) is 19.3 Å². The van der Waals surface area contributed by atoms with E-state index in [9.17, 15) is 4.79 Å². The molecule has 0 saturated carbocycles. The number of carboxylic acids is 1. The van der Waals surface area contributed by atoms with Crippen molar-refractivity contribution in [2.75, 3.05) is 45.9 Å². The van der Waals surface area contributed by atoms with E-state index in [0.717, 1.165) is 24.2 Å². The summed E-state index contributed by atoms with van der Waals surface area (Å²) in [7, 11) is 1.76. The fourth-order valence-corrected chi connectivity index (χ4v) is 4.35. The maximum atomic E-state index is 15.1. The molecule has 0 atom stereocenters. The van der Waals surface area contributed by atoms with Crippen LogP contribution in [0.3, 0.4) is 0 Å². The topological polar surface area (TPSA) is 122 Å². The Kier molecular flexibility index (Phi) is 8.38. The van der Waals surface area contributed by atoms with Crippen LogP contribution in [0.5, 0.6) is 0 Å². The van der Waals surface area contributed by atoms with Gasteiger partial charge < -0.3 is 20.5 Å². The molecule has 11 heteroatoms. The third-order valence-corrected chi connectivity index (χ3v) is 6.76. The first kappa shape index (κ1) is 27.2. The number of piperazine rings is 1. The number of aliphatic imine (C=N–C) groups is 1. The number of benzene rings is 2. The van der Waals surface area contributed by atoms with Crippen molar-refractivity contribution < 1.29 is 19.0 Å². The van der Waals surface area contributed by atoms with Crippen LogP contribution in [0.1, 0.15) is 25.2 Å². The summed E-state index contributed by atoms with van der Waals surface area (Å²) in [4.78, 5) is 23.9. The SMILES string of the molecule is Cn1nc(C(C)(C)c2ccc(-c3ccccc3)c(F)c2)nc1/N=C(\N)N1CCN(CCOCC(=O)O)CC1. The van der Waals surface area contributed by atoms with E-state index in [2.05, 4.69) is 20.0 Å². The summed E-state index contributed by atoms with van der Waals surface area (Å²) in [6.07, 6.45) is 0. The number of hydrogen-bond acceptors (Lipinski definition) is 6. The first-order valence-corrected chi connectivity index (χ1v) is 12.5. The number of aromatic nitrogens is 3. The molecule has 1 saturated heterocycles. The Morgan fingerprint density at radius 1 is 1.16 bits per heavy atom. The second-order valence-electron chi connectivity index (χ2n) is 9.79. The van der Waals surface area contributed by atoms with Gasteiger partial charge in [-0.25, -0.2) is 13.9 Å². The minimum Gasteiger partial charge on any atom is -0.480 e. The molecule has 0 aliphatic carbocycles. The van der Waals surface area contributed by atoms with E-state index < -0.39 is 11.4 Å². The number of ether oxygens (including phenoxy) is 1. The summed E-state index contributed by atoms with van der Waals surface area (Å²) >= 11 is 0. The van der Waals surface area contributed by atoms with Gasteiger partial charge in [0, 0.05) is 45.3 Å². The van der Waals surface area contributed by atoms with Crippen LogP contribution in [-0.4, -0.2) is 87.5 Å². The third kappa shape index (κ3) is 6.35. The predicted octanol–water partition coefficient (Wildman–Crippen LogP) is 2.61. The van der Waals surface area contributed by atoms with Crippen LogP contribution >= 0.6 is 0 Å². The second kappa shape index (κ2) is 11.7. The van der Waals surface area contributed by atoms with E-state index in [1.807, 2.05) is 55.1 Å². The van der Waals surface area contributed by atoms with Crippen LogP contribution in [0.15, 0.2) is 53.5 Å². The van der Waals surface area contributed by atoms with Gasteiger partial charge in [0.15, 0.2) is 11.8 Å². The average molecular weight is 524 g/mol. The number of rotatable bonds is 9. The highest BCUT2D eigenvalue weighted by molar-refractivity contribution is 5.80. The molecule has 3 N–H and O–H groups in total. The van der Waals surface area contributed by atoms with Gasteiger partial charge in [0.2, 0.25) is 0 Å². The lowest BCUT2D eigenvalue weighted by Gasteiger charge is -2.35. The Balaban J connectivity index is 1.42. The Labute approximate surface area is 221 Å². The first-order valence-electron chi connectivity index (χ1n) is 12.5. The Bertz CT molecular complexity index is 1290. The largest absolute Gasteiger partial charge is 0.480 e. The number of guanidine groups is 1. The molecule has 202 valence electrons. The van der Waals surface area contributed by atoms with Gasteiger partial charge in [0.25, 0.3) is 5.95 Å². The van der Waals surface area contributed by atoms with Gasteiger partial charge in [-0.05, 0) is 31.0 Å². The van der Waals surface area contributed by atoms with Gasteiger partial charge >= 0.3 is 5.97 Å². The third-order valence-electron chi connectivity index (χ3n) is 6.76. The molecule has 1 aromatic heterocycles. The Morgan fingerprint density at radius 3 is 2.53 bits per heavy atom. The molecule has 0 spiro atoms. The quantitative estimate of drug-likeness (QED) is 0.249. The van der Waals surface area contributed by atoms with E-state index >= 15 is 4.39 Å². The van der Waals surface area contributed by atoms with Crippen molar-refractivity contribution in [1.29, 1.82) is 0 Å². The molecule has 4 rings (SSSR count). The van der Waals surface area contributed by atoms with Crippen molar-refractivity contribution >= 4 is 17.9 Å². The maximum absolute atomic E-state index is 15.1. The zero-order valence-electron chi connectivity index (χ0n) is 22.0. The molecule has 2 heterocycles. The highest BCUT2D eigenvalue weighted by Crippen LogP contribution is 2.33. The van der Waals surface area contributed by atoms with Gasteiger partial charge in [0.1, 0.15) is 12.4 Å². The highest BCUT2D eigenvalue weighted by atomic mass is 19.1. The first-order chi connectivity index (χ1) is 18.1. The summed E-state index contributed by atoms with van der Waals surface area (Å²) in [5, 5.41) is 13.2. The number of carboxylic acid groups (broad SMARTS) is 1. The number of nitrogens with zero attached hydrogens (tertiary/aromatic N) is 6. The zero-order valence-corrected chi connectivity index (χ0v) is 22.0. The summed E-state index contributed by atoms with van der Waals surface area (Å²) in [5.74, 6) is -0.0269. The number of nitrogens with two attached hydrogens (primary N) is 1. The monoisotopic (exact) mass is 523 g/mol. The van der Waals surface area contributed by atoms with Crippen LogP contribution < -0.4 is 5.73 Å². The molecule has 10 nitrogen and oxygen atoms in total. The van der Waals surface area contributed by atoms with Crippen LogP contribution in [0.2, 0.25) is 0 Å². The van der Waals surface area contributed by atoms with E-state index in [1.165, 1.54) is 0 Å². The highest BCUT2D eigenvalue weighted by Gasteiger charge is 2.30. The van der Waals surface area contributed by atoms with Gasteiger partial charge in [-0.3, -0.25) is 4.90 Å². The minimum absolute atomic E-state index is 0.288. The lowest BCUT2D eigenvalue weighted by Crippen LogP contribution is -2.51. The maximum Gasteiger partial charge on any atom is 0.329 e. The summed E-state index contributed by atoms with van der Waals surface area (Å²) in [6, 6.07) is 14.7. The molecule has 1 aliphatic heterocycles. The van der Waals surface area contributed by atoms with Gasteiger partial charge in [-0.2, -0.15) is 15.1 Å². The fourth-order valence-electron chi connectivity index (χ4n) is 4.35. The van der Waals surface area contributed by atoms with Crippen molar-refractivity contribution in [3.05, 3.63) is 65.7 Å². The van der Waals surface area contributed by atoms with Crippen LogP contribution in [0, 0.1) is 5.82 Å². The van der Waals surface area contributed by atoms with Crippen molar-refractivity contribution in [1.82, 2.24) is 24.6 Å². The van der Waals surface area contributed by atoms with E-state index in [4.69, 9.17) is 15.6 Å².